The number of thioether (sulfide) groups is 1. The van der Waals surface area contributed by atoms with E-state index in [2.05, 4.69) is 4.98 Å². The minimum absolute atomic E-state index is 0.188. The molecule has 0 N–H and O–H groups in total. The summed E-state index contributed by atoms with van der Waals surface area (Å²) >= 11 is 1.54. The molecule has 1 heterocycles. The summed E-state index contributed by atoms with van der Waals surface area (Å²) in [6, 6.07) is 5.51. The van der Waals surface area contributed by atoms with Crippen LogP contribution >= 0.6 is 11.8 Å². The highest BCUT2D eigenvalue weighted by atomic mass is 32.2. The lowest BCUT2D eigenvalue weighted by molar-refractivity contribution is 0.603. The molecule has 1 rings (SSSR count). The molecule has 86 valence electrons. The van der Waals surface area contributed by atoms with Crippen molar-refractivity contribution in [3.63, 3.8) is 0 Å². The van der Waals surface area contributed by atoms with Crippen molar-refractivity contribution in [3.8, 4) is 6.07 Å². The molecular formula is C10H12N2O2S2. The van der Waals surface area contributed by atoms with E-state index in [1.54, 1.807) is 12.3 Å². The van der Waals surface area contributed by atoms with Crippen molar-refractivity contribution in [1.82, 2.24) is 4.98 Å². The van der Waals surface area contributed by atoms with Crippen LogP contribution in [0.15, 0.2) is 18.3 Å². The SMILES string of the molecule is CS(=O)(=O)CCSCc1ccnc(C#N)c1. The van der Waals surface area contributed by atoms with Crippen molar-refractivity contribution in [3.05, 3.63) is 29.6 Å². The lowest BCUT2D eigenvalue weighted by Crippen LogP contribution is -2.05. The van der Waals surface area contributed by atoms with Gasteiger partial charge in [-0.1, -0.05) is 0 Å². The van der Waals surface area contributed by atoms with Crippen molar-refractivity contribution >= 4 is 21.6 Å². The van der Waals surface area contributed by atoms with Crippen LogP contribution in [0.1, 0.15) is 11.3 Å². The largest absolute Gasteiger partial charge is 0.246 e. The first-order chi connectivity index (χ1) is 7.51. The van der Waals surface area contributed by atoms with Gasteiger partial charge in [0.15, 0.2) is 0 Å². The molecule has 0 aliphatic rings. The van der Waals surface area contributed by atoms with E-state index in [1.165, 1.54) is 18.0 Å². The molecule has 0 saturated heterocycles. The van der Waals surface area contributed by atoms with Gasteiger partial charge in [0.1, 0.15) is 21.6 Å². The summed E-state index contributed by atoms with van der Waals surface area (Å²) in [5.74, 6) is 1.46. The number of rotatable bonds is 5. The number of nitrogens with zero attached hydrogens (tertiary/aromatic N) is 2. The summed E-state index contributed by atoms with van der Waals surface area (Å²) in [6.45, 7) is 0. The van der Waals surface area contributed by atoms with Gasteiger partial charge in [-0.15, -0.1) is 0 Å². The average Bonchev–Trinajstić information content (AvgIpc) is 2.23. The predicted molar refractivity (Wildman–Crippen MR) is 64.8 cm³/mol. The van der Waals surface area contributed by atoms with Gasteiger partial charge in [-0.25, -0.2) is 13.4 Å². The monoisotopic (exact) mass is 256 g/mol. The highest BCUT2D eigenvalue weighted by Gasteiger charge is 2.02. The van der Waals surface area contributed by atoms with E-state index in [0.29, 0.717) is 17.2 Å². The molecule has 0 amide bonds. The van der Waals surface area contributed by atoms with E-state index in [-0.39, 0.29) is 5.75 Å². The van der Waals surface area contributed by atoms with Crippen LogP contribution in [-0.4, -0.2) is 31.2 Å². The van der Waals surface area contributed by atoms with Gasteiger partial charge in [0.25, 0.3) is 0 Å². The Labute approximate surface area is 99.6 Å². The molecule has 0 unspecified atom stereocenters. The van der Waals surface area contributed by atoms with Crippen molar-refractivity contribution in [2.45, 2.75) is 5.75 Å². The molecular weight excluding hydrogens is 244 g/mol. The van der Waals surface area contributed by atoms with Gasteiger partial charge in [0.2, 0.25) is 0 Å². The molecule has 6 heteroatoms. The summed E-state index contributed by atoms with van der Waals surface area (Å²) in [5, 5.41) is 8.64. The first kappa shape index (κ1) is 13.0. The molecule has 0 aromatic carbocycles. The van der Waals surface area contributed by atoms with E-state index in [0.717, 1.165) is 5.56 Å². The molecule has 0 bridgehead atoms. The highest BCUT2D eigenvalue weighted by Crippen LogP contribution is 2.12. The molecule has 0 spiro atoms. The van der Waals surface area contributed by atoms with E-state index in [1.807, 2.05) is 12.1 Å². The molecule has 0 aliphatic carbocycles. The molecule has 0 radical (unpaired) electrons. The molecule has 1 aromatic rings. The zero-order valence-electron chi connectivity index (χ0n) is 8.88. The Morgan fingerprint density at radius 2 is 2.31 bits per heavy atom. The van der Waals surface area contributed by atoms with E-state index in [4.69, 9.17) is 5.26 Å². The second-order valence-electron chi connectivity index (χ2n) is 3.34. The van der Waals surface area contributed by atoms with E-state index >= 15 is 0 Å². The first-order valence-corrected chi connectivity index (χ1v) is 7.83. The number of pyridine rings is 1. The molecule has 0 aliphatic heterocycles. The standard InChI is InChI=1S/C10H12N2O2S2/c1-16(13,14)5-4-15-8-9-2-3-12-10(6-9)7-11/h2-3,6H,4-5,8H2,1H3. The number of hydrogen-bond donors (Lipinski definition) is 0. The number of aromatic nitrogens is 1. The van der Waals surface area contributed by atoms with Gasteiger partial charge >= 0.3 is 0 Å². The van der Waals surface area contributed by atoms with Crippen LogP contribution in [0.25, 0.3) is 0 Å². The van der Waals surface area contributed by atoms with Gasteiger partial charge < -0.3 is 0 Å². The van der Waals surface area contributed by atoms with E-state index in [9.17, 15) is 8.42 Å². The summed E-state index contributed by atoms with van der Waals surface area (Å²) in [4.78, 5) is 3.86. The second-order valence-corrected chi connectivity index (χ2v) is 6.71. The van der Waals surface area contributed by atoms with Gasteiger partial charge in [0, 0.05) is 24.0 Å². The molecule has 0 atom stereocenters. The summed E-state index contributed by atoms with van der Waals surface area (Å²) < 4.78 is 21.8. The Morgan fingerprint density at radius 1 is 1.56 bits per heavy atom. The molecule has 16 heavy (non-hydrogen) atoms. The second kappa shape index (κ2) is 5.87. The van der Waals surface area contributed by atoms with Crippen molar-refractivity contribution in [1.29, 1.82) is 5.26 Å². The predicted octanol–water partition coefficient (Wildman–Crippen LogP) is 1.23. The van der Waals surface area contributed by atoms with Gasteiger partial charge in [-0.3, -0.25) is 0 Å². The zero-order valence-corrected chi connectivity index (χ0v) is 10.5. The van der Waals surface area contributed by atoms with Crippen LogP contribution < -0.4 is 0 Å². The molecule has 1 aromatic heterocycles. The van der Waals surface area contributed by atoms with Gasteiger partial charge in [-0.2, -0.15) is 17.0 Å². The van der Waals surface area contributed by atoms with Crippen molar-refractivity contribution < 1.29 is 8.42 Å². The number of hydrogen-bond acceptors (Lipinski definition) is 5. The maximum absolute atomic E-state index is 10.9. The third-order valence-corrected chi connectivity index (χ3v) is 4.04. The summed E-state index contributed by atoms with van der Waals surface area (Å²) in [5.41, 5.74) is 1.38. The Morgan fingerprint density at radius 3 is 2.94 bits per heavy atom. The molecule has 0 fully saturated rings. The quantitative estimate of drug-likeness (QED) is 0.741. The van der Waals surface area contributed by atoms with Crippen molar-refractivity contribution in [2.24, 2.45) is 0 Å². The minimum atomic E-state index is -2.88. The van der Waals surface area contributed by atoms with Crippen LogP contribution in [0.3, 0.4) is 0 Å². The van der Waals surface area contributed by atoms with E-state index < -0.39 is 9.84 Å². The Kier molecular flexibility index (Phi) is 4.77. The van der Waals surface area contributed by atoms with Crippen molar-refractivity contribution in [2.75, 3.05) is 17.8 Å². The third-order valence-electron chi connectivity index (χ3n) is 1.81. The Bertz CT molecular complexity index is 492. The van der Waals surface area contributed by atoms with Crippen LogP contribution in [0.4, 0.5) is 0 Å². The zero-order chi connectivity index (χ0) is 12.0. The van der Waals surface area contributed by atoms with Crippen LogP contribution in [0.2, 0.25) is 0 Å². The normalized spacial score (nSPS) is 11.0. The average molecular weight is 256 g/mol. The Balaban J connectivity index is 2.41. The lowest BCUT2D eigenvalue weighted by atomic mass is 10.2. The highest BCUT2D eigenvalue weighted by molar-refractivity contribution is 7.99. The maximum atomic E-state index is 10.9. The summed E-state index contributed by atoms with van der Waals surface area (Å²) in [6.07, 6.45) is 2.82. The lowest BCUT2D eigenvalue weighted by Gasteiger charge is -2.01. The fraction of sp³-hybridized carbons (Fsp3) is 0.400. The fourth-order valence-electron chi connectivity index (χ4n) is 1.03. The van der Waals surface area contributed by atoms with Crippen LogP contribution in [-0.2, 0) is 15.6 Å². The fourth-order valence-corrected chi connectivity index (χ4v) is 3.27. The molecule has 4 nitrogen and oxygen atoms in total. The van der Waals surface area contributed by atoms with Crippen LogP contribution in [0.5, 0.6) is 0 Å². The topological polar surface area (TPSA) is 70.8 Å². The minimum Gasteiger partial charge on any atom is -0.246 e. The smallest absolute Gasteiger partial charge is 0.148 e. The first-order valence-electron chi connectivity index (χ1n) is 4.62. The van der Waals surface area contributed by atoms with Gasteiger partial charge in [0.05, 0.1) is 5.75 Å². The summed E-state index contributed by atoms with van der Waals surface area (Å²) in [7, 11) is -2.88. The number of nitriles is 1. The third kappa shape index (κ3) is 5.14. The Hall–Kier alpha value is -1.06. The number of sulfone groups is 1. The molecule has 0 saturated carbocycles. The maximum Gasteiger partial charge on any atom is 0.148 e. The van der Waals surface area contributed by atoms with Crippen LogP contribution in [0, 0.1) is 11.3 Å². The van der Waals surface area contributed by atoms with Gasteiger partial charge in [-0.05, 0) is 17.7 Å².